The lowest BCUT2D eigenvalue weighted by molar-refractivity contribution is -0.192. The van der Waals surface area contributed by atoms with Crippen LogP contribution in [-0.2, 0) is 9.47 Å². The number of hydrogen-bond donors (Lipinski definition) is 3. The van der Waals surface area contributed by atoms with Crippen LogP contribution in [0.15, 0.2) is 0 Å². The first-order chi connectivity index (χ1) is 17.4. The van der Waals surface area contributed by atoms with Crippen LogP contribution in [0.2, 0.25) is 0 Å². The smallest absolute Gasteiger partial charge is 0.0637 e. The molecule has 36 heavy (non-hydrogen) atoms. The van der Waals surface area contributed by atoms with Crippen LogP contribution in [0.4, 0.5) is 0 Å². The van der Waals surface area contributed by atoms with Crippen LogP contribution in [0.5, 0.6) is 0 Å². The van der Waals surface area contributed by atoms with Gasteiger partial charge in [0.05, 0.1) is 12.2 Å². The maximum Gasteiger partial charge on any atom is 0.0637 e. The van der Waals surface area contributed by atoms with Crippen LogP contribution in [0, 0.1) is 46.3 Å². The largest absolute Gasteiger partial charge is 0.378 e. The van der Waals surface area contributed by atoms with Crippen LogP contribution < -0.4 is 16.8 Å². The lowest BCUT2D eigenvalue weighted by Gasteiger charge is -2.63. The van der Waals surface area contributed by atoms with Crippen molar-refractivity contribution in [1.82, 2.24) is 5.32 Å². The van der Waals surface area contributed by atoms with Gasteiger partial charge in [0.15, 0.2) is 0 Å². The van der Waals surface area contributed by atoms with Gasteiger partial charge < -0.3 is 26.3 Å². The van der Waals surface area contributed by atoms with Crippen LogP contribution in [0.3, 0.4) is 0 Å². The van der Waals surface area contributed by atoms with Gasteiger partial charge >= 0.3 is 0 Å². The van der Waals surface area contributed by atoms with E-state index < -0.39 is 0 Å². The molecule has 0 aromatic rings. The Morgan fingerprint density at radius 1 is 0.889 bits per heavy atom. The highest BCUT2D eigenvalue weighted by Gasteiger charge is 2.64. The van der Waals surface area contributed by atoms with E-state index in [0.29, 0.717) is 23.0 Å². The Bertz CT molecular complexity index is 676. The van der Waals surface area contributed by atoms with E-state index in [2.05, 4.69) is 33.1 Å². The summed E-state index contributed by atoms with van der Waals surface area (Å²) in [5.74, 6) is 4.89. The molecular weight excluding hydrogens is 446 g/mol. The van der Waals surface area contributed by atoms with Crippen molar-refractivity contribution in [2.45, 2.75) is 110 Å². The molecule has 210 valence electrons. The summed E-state index contributed by atoms with van der Waals surface area (Å²) in [7, 11) is 2.08. The summed E-state index contributed by atoms with van der Waals surface area (Å²) in [4.78, 5) is 0. The third-order valence-corrected chi connectivity index (χ3v) is 11.9. The van der Waals surface area contributed by atoms with Crippen LogP contribution >= 0.6 is 0 Å². The van der Waals surface area contributed by atoms with E-state index in [1.54, 1.807) is 0 Å². The maximum atomic E-state index is 6.88. The summed E-state index contributed by atoms with van der Waals surface area (Å²) in [6.07, 6.45) is 16.2. The molecule has 0 aliphatic heterocycles. The first kappa shape index (κ1) is 28.8. The molecule has 0 saturated heterocycles. The second-order valence-electron chi connectivity index (χ2n) is 13.6. The third kappa shape index (κ3) is 5.57. The molecule has 0 aromatic carbocycles. The number of fused-ring (bicyclic) bond motifs is 5. The fourth-order valence-electron chi connectivity index (χ4n) is 9.96. The molecule has 0 radical (unpaired) electrons. The average Bonchev–Trinajstić information content (AvgIpc) is 3.23. The molecule has 0 amide bonds. The zero-order valence-electron chi connectivity index (χ0n) is 24.1. The molecule has 10 atom stereocenters. The van der Waals surface area contributed by atoms with Gasteiger partial charge in [-0.05, 0) is 150 Å². The SMILES string of the molecule is CNCCCC(C)C1CCC2C3CC[C@@H]4C[C@H](OCCCN)CC[C@]4(C)C3C[C@H](OCCCN)[C@]12C. The van der Waals surface area contributed by atoms with Crippen molar-refractivity contribution in [3.05, 3.63) is 0 Å². The predicted molar refractivity (Wildman–Crippen MR) is 150 cm³/mol. The lowest BCUT2D eigenvalue weighted by atomic mass is 9.43. The van der Waals surface area contributed by atoms with Gasteiger partial charge in [-0.25, -0.2) is 0 Å². The Morgan fingerprint density at radius 3 is 2.36 bits per heavy atom. The number of nitrogens with two attached hydrogens (primary N) is 2. The van der Waals surface area contributed by atoms with Gasteiger partial charge in [0.25, 0.3) is 0 Å². The normalized spacial score (nSPS) is 43.0. The van der Waals surface area contributed by atoms with E-state index in [4.69, 9.17) is 20.9 Å². The van der Waals surface area contributed by atoms with E-state index in [0.717, 1.165) is 81.2 Å². The number of hydrogen-bond acceptors (Lipinski definition) is 5. The van der Waals surface area contributed by atoms with Gasteiger partial charge in [0, 0.05) is 13.2 Å². The monoisotopic (exact) mass is 505 g/mol. The number of ether oxygens (including phenoxy) is 2. The Labute approximate surface area is 222 Å². The van der Waals surface area contributed by atoms with Gasteiger partial charge in [-0.1, -0.05) is 20.8 Å². The molecule has 4 saturated carbocycles. The quantitative estimate of drug-likeness (QED) is 0.294. The Morgan fingerprint density at radius 2 is 1.64 bits per heavy atom. The predicted octanol–water partition coefficient (Wildman–Crippen LogP) is 5.36. The summed E-state index contributed by atoms with van der Waals surface area (Å²) < 4.78 is 13.2. The third-order valence-electron chi connectivity index (χ3n) is 11.9. The van der Waals surface area contributed by atoms with Crippen LogP contribution in [0.25, 0.3) is 0 Å². The maximum absolute atomic E-state index is 6.88. The lowest BCUT2D eigenvalue weighted by Crippen LogP contribution is -2.59. The topological polar surface area (TPSA) is 82.5 Å². The highest BCUT2D eigenvalue weighted by atomic mass is 16.5. The van der Waals surface area contributed by atoms with Crippen LogP contribution in [0.1, 0.15) is 97.8 Å². The molecule has 0 aromatic heterocycles. The van der Waals surface area contributed by atoms with Crippen molar-refractivity contribution in [2.75, 3.05) is 39.9 Å². The Balaban J connectivity index is 1.52. The first-order valence-corrected chi connectivity index (χ1v) is 15.7. The number of rotatable bonds is 13. The van der Waals surface area contributed by atoms with Crippen molar-refractivity contribution in [3.63, 3.8) is 0 Å². The molecule has 5 heteroatoms. The van der Waals surface area contributed by atoms with Crippen molar-refractivity contribution < 1.29 is 9.47 Å². The van der Waals surface area contributed by atoms with E-state index >= 15 is 0 Å². The van der Waals surface area contributed by atoms with Gasteiger partial charge in [-0.15, -0.1) is 0 Å². The minimum Gasteiger partial charge on any atom is -0.378 e. The molecule has 5 unspecified atom stereocenters. The summed E-state index contributed by atoms with van der Waals surface area (Å²) in [6, 6.07) is 0. The summed E-state index contributed by atoms with van der Waals surface area (Å²) in [5, 5.41) is 3.36. The fourth-order valence-corrected chi connectivity index (χ4v) is 9.96. The molecule has 0 bridgehead atoms. The van der Waals surface area contributed by atoms with Gasteiger partial charge in [-0.3, -0.25) is 0 Å². The van der Waals surface area contributed by atoms with E-state index in [-0.39, 0.29) is 0 Å². The molecule has 0 heterocycles. The van der Waals surface area contributed by atoms with Crippen molar-refractivity contribution in [3.8, 4) is 0 Å². The van der Waals surface area contributed by atoms with E-state index in [1.165, 1.54) is 64.2 Å². The molecule has 4 aliphatic carbocycles. The first-order valence-electron chi connectivity index (χ1n) is 15.7. The van der Waals surface area contributed by atoms with Crippen molar-refractivity contribution in [2.24, 2.45) is 57.8 Å². The fraction of sp³-hybridized carbons (Fsp3) is 1.00. The zero-order valence-corrected chi connectivity index (χ0v) is 24.1. The zero-order chi connectivity index (χ0) is 25.8. The number of nitrogens with one attached hydrogen (secondary N) is 1. The molecule has 0 spiro atoms. The van der Waals surface area contributed by atoms with Crippen LogP contribution in [-0.4, -0.2) is 52.1 Å². The molecule has 4 fully saturated rings. The molecule has 5 nitrogen and oxygen atoms in total. The Kier molecular flexibility index (Phi) is 10.2. The minimum atomic E-state index is 0.320. The molecule has 4 rings (SSSR count). The summed E-state index contributed by atoms with van der Waals surface area (Å²) in [5.41, 5.74) is 12.4. The van der Waals surface area contributed by atoms with Gasteiger partial charge in [-0.2, -0.15) is 0 Å². The van der Waals surface area contributed by atoms with Gasteiger partial charge in [0.2, 0.25) is 0 Å². The van der Waals surface area contributed by atoms with Crippen molar-refractivity contribution >= 4 is 0 Å². The molecule has 5 N–H and O–H groups in total. The second-order valence-corrected chi connectivity index (χ2v) is 13.6. The highest BCUT2D eigenvalue weighted by molar-refractivity contribution is 5.13. The second kappa shape index (κ2) is 12.8. The highest BCUT2D eigenvalue weighted by Crippen LogP contribution is 2.69. The molecule has 4 aliphatic rings. The van der Waals surface area contributed by atoms with E-state index in [9.17, 15) is 0 Å². The standard InChI is InChI=1S/C31H59N3O2/c1-22(8-5-17-34-4)26-11-12-27-25-10-9-23-20-24(35-18-6-15-32)13-14-30(23,2)28(25)21-29(31(26,27)3)36-19-7-16-33/h22-29,34H,5-21,32-33H2,1-4H3/t22?,23-,24-,25?,26?,27?,28?,29+,30+,31-/m1/s1. The average molecular weight is 506 g/mol. The van der Waals surface area contributed by atoms with E-state index in [1.807, 2.05) is 0 Å². The summed E-state index contributed by atoms with van der Waals surface area (Å²) in [6.45, 7) is 12.1. The van der Waals surface area contributed by atoms with Gasteiger partial charge in [0.1, 0.15) is 0 Å². The minimum absolute atomic E-state index is 0.320. The molecular formula is C31H59N3O2. The summed E-state index contributed by atoms with van der Waals surface area (Å²) >= 11 is 0. The Hall–Kier alpha value is -0.200. The van der Waals surface area contributed by atoms with Crippen molar-refractivity contribution in [1.29, 1.82) is 0 Å².